The van der Waals surface area contributed by atoms with E-state index in [1.54, 1.807) is 31.2 Å². The van der Waals surface area contributed by atoms with Gasteiger partial charge in [-0.05, 0) is 37.3 Å². The number of aliphatic hydroxyl groups is 1. The molecule has 3 rings (SSSR count). The van der Waals surface area contributed by atoms with Gasteiger partial charge in [0.2, 0.25) is 5.78 Å². The second kappa shape index (κ2) is 5.93. The fourth-order valence-corrected chi connectivity index (χ4v) is 3.21. The van der Waals surface area contributed by atoms with Crippen molar-refractivity contribution in [3.63, 3.8) is 0 Å². The maximum absolute atomic E-state index is 12.7. The van der Waals surface area contributed by atoms with Crippen molar-refractivity contribution in [1.82, 2.24) is 0 Å². The van der Waals surface area contributed by atoms with Gasteiger partial charge in [-0.2, -0.15) is 0 Å². The van der Waals surface area contributed by atoms with Gasteiger partial charge in [0, 0.05) is 10.0 Å². The number of halogens is 1. The second-order valence-corrected chi connectivity index (χ2v) is 6.54. The van der Waals surface area contributed by atoms with Crippen molar-refractivity contribution >= 4 is 33.3 Å². The van der Waals surface area contributed by atoms with E-state index in [9.17, 15) is 14.7 Å². The van der Waals surface area contributed by atoms with Crippen molar-refractivity contribution in [1.29, 1.82) is 0 Å². The zero-order valence-corrected chi connectivity index (χ0v) is 14.5. The Morgan fingerprint density at radius 2 is 2.17 bits per heavy atom. The maximum Gasteiger partial charge on any atom is 0.265 e. The van der Waals surface area contributed by atoms with Crippen molar-refractivity contribution in [2.45, 2.75) is 18.9 Å². The molecule has 2 aromatic rings. The predicted octanol–water partition coefficient (Wildman–Crippen LogP) is 2.79. The van der Waals surface area contributed by atoms with Gasteiger partial charge in [0.1, 0.15) is 5.76 Å². The second-order valence-electron chi connectivity index (χ2n) is 5.63. The van der Waals surface area contributed by atoms with Gasteiger partial charge in [0.15, 0.2) is 11.4 Å². The topological polar surface area (TPSA) is 70.8 Å². The fraction of sp³-hybridized carbons (Fsp3) is 0.222. The molecule has 6 heteroatoms. The van der Waals surface area contributed by atoms with Gasteiger partial charge < -0.3 is 9.52 Å². The summed E-state index contributed by atoms with van der Waals surface area (Å²) in [4.78, 5) is 26.5. The molecule has 0 radical (unpaired) electrons. The summed E-state index contributed by atoms with van der Waals surface area (Å²) in [5.41, 5.74) is -1.10. The third kappa shape index (κ3) is 2.56. The molecule has 1 atom stereocenters. The minimum Gasteiger partial charge on any atom is -0.458 e. The van der Waals surface area contributed by atoms with Crippen molar-refractivity contribution in [3.05, 3.63) is 51.9 Å². The lowest BCUT2D eigenvalue weighted by Gasteiger charge is -2.21. The molecular weight excluding hydrogens is 374 g/mol. The average Bonchev–Trinajstić information content (AvgIpc) is 3.05. The Kier molecular flexibility index (Phi) is 4.08. The minimum absolute atomic E-state index is 0.0177. The van der Waals surface area contributed by atoms with Crippen LogP contribution in [-0.2, 0) is 10.4 Å². The van der Waals surface area contributed by atoms with Crippen molar-refractivity contribution < 1.29 is 19.1 Å². The molecule has 1 aliphatic rings. The number of furan rings is 1. The molecular formula is C18H14BrNO4. The first-order valence-electron chi connectivity index (χ1n) is 7.24. The molecule has 0 saturated carbocycles. The summed E-state index contributed by atoms with van der Waals surface area (Å²) in [5.74, 6) is 2.04. The van der Waals surface area contributed by atoms with Crippen LogP contribution in [0, 0.1) is 19.3 Å². The average molecular weight is 388 g/mol. The van der Waals surface area contributed by atoms with E-state index < -0.39 is 23.7 Å². The zero-order chi connectivity index (χ0) is 17.5. The quantitative estimate of drug-likeness (QED) is 0.646. The summed E-state index contributed by atoms with van der Waals surface area (Å²) >= 11 is 3.33. The maximum atomic E-state index is 12.7. The van der Waals surface area contributed by atoms with E-state index in [1.807, 2.05) is 0 Å². The number of benzene rings is 1. The Balaban J connectivity index is 2.02. The van der Waals surface area contributed by atoms with Crippen LogP contribution in [0.15, 0.2) is 39.2 Å². The molecule has 1 unspecified atom stereocenters. The Bertz CT molecular complexity index is 879. The van der Waals surface area contributed by atoms with Crippen LogP contribution in [0.4, 0.5) is 5.69 Å². The lowest BCUT2D eigenvalue weighted by molar-refractivity contribution is -0.135. The molecule has 0 spiro atoms. The van der Waals surface area contributed by atoms with E-state index in [2.05, 4.69) is 21.9 Å². The third-order valence-electron chi connectivity index (χ3n) is 3.97. The van der Waals surface area contributed by atoms with Gasteiger partial charge in [-0.25, -0.2) is 0 Å². The Hall–Kier alpha value is -2.36. The standard InChI is InChI=1S/C18H14BrNO4/c1-3-8-20-14-6-5-12(19)9-13(14)18(23,17(20)22)10-15(21)16-7-4-11(2)24-16/h1,4-7,9,23H,8,10H2,2H3. The van der Waals surface area contributed by atoms with Crippen LogP contribution < -0.4 is 4.90 Å². The molecule has 0 fully saturated rings. The number of ketones is 1. The van der Waals surface area contributed by atoms with Gasteiger partial charge >= 0.3 is 0 Å². The van der Waals surface area contributed by atoms with E-state index >= 15 is 0 Å². The number of Topliss-reactive ketones (excluding diaryl/α,β-unsaturated/α-hetero) is 1. The van der Waals surface area contributed by atoms with Crippen LogP contribution >= 0.6 is 15.9 Å². The number of fused-ring (bicyclic) bond motifs is 1. The Labute approximate surface area is 147 Å². The van der Waals surface area contributed by atoms with Crippen LogP contribution in [0.25, 0.3) is 0 Å². The van der Waals surface area contributed by atoms with E-state index in [0.717, 1.165) is 0 Å². The molecule has 1 N–H and O–H groups in total. The summed E-state index contributed by atoms with van der Waals surface area (Å²) in [6, 6.07) is 8.25. The molecule has 122 valence electrons. The first kappa shape index (κ1) is 16.5. The summed E-state index contributed by atoms with van der Waals surface area (Å²) in [7, 11) is 0. The normalized spacial score (nSPS) is 19.2. The van der Waals surface area contributed by atoms with Crippen LogP contribution in [0.5, 0.6) is 0 Å². The SMILES string of the molecule is C#CCN1C(=O)C(O)(CC(=O)c2ccc(C)o2)c2cc(Br)ccc21. The zero-order valence-electron chi connectivity index (χ0n) is 12.9. The molecule has 0 bridgehead atoms. The van der Waals surface area contributed by atoms with Gasteiger partial charge in [0.05, 0.1) is 18.7 Å². The van der Waals surface area contributed by atoms with E-state index in [-0.39, 0.29) is 12.3 Å². The predicted molar refractivity (Wildman–Crippen MR) is 91.6 cm³/mol. The highest BCUT2D eigenvalue weighted by Gasteiger charge is 2.51. The Morgan fingerprint density at radius 1 is 1.42 bits per heavy atom. The summed E-state index contributed by atoms with van der Waals surface area (Å²) in [6.45, 7) is 1.73. The molecule has 0 saturated heterocycles. The van der Waals surface area contributed by atoms with Crippen LogP contribution in [-0.4, -0.2) is 23.3 Å². The smallest absolute Gasteiger partial charge is 0.265 e. The van der Waals surface area contributed by atoms with E-state index in [1.165, 1.54) is 11.0 Å². The van der Waals surface area contributed by atoms with E-state index in [4.69, 9.17) is 10.8 Å². The molecule has 2 heterocycles. The molecule has 1 aromatic heterocycles. The van der Waals surface area contributed by atoms with Crippen LogP contribution in [0.2, 0.25) is 0 Å². The molecule has 1 aliphatic heterocycles. The summed E-state index contributed by atoms with van der Waals surface area (Å²) in [5, 5.41) is 11.0. The van der Waals surface area contributed by atoms with Gasteiger partial charge in [-0.15, -0.1) is 6.42 Å². The number of terminal acetylenes is 1. The highest BCUT2D eigenvalue weighted by molar-refractivity contribution is 9.10. The van der Waals surface area contributed by atoms with Crippen molar-refractivity contribution in [3.8, 4) is 12.3 Å². The number of amides is 1. The number of carbonyl (C=O) groups excluding carboxylic acids is 2. The fourth-order valence-electron chi connectivity index (χ4n) is 2.85. The van der Waals surface area contributed by atoms with Crippen molar-refractivity contribution in [2.24, 2.45) is 0 Å². The first-order chi connectivity index (χ1) is 11.4. The molecule has 0 aliphatic carbocycles. The number of hydrogen-bond donors (Lipinski definition) is 1. The number of carbonyl (C=O) groups is 2. The first-order valence-corrected chi connectivity index (χ1v) is 8.03. The number of aryl methyl sites for hydroxylation is 1. The highest BCUT2D eigenvalue weighted by atomic mass is 79.9. The number of anilines is 1. The number of nitrogens with zero attached hydrogens (tertiary/aromatic N) is 1. The van der Waals surface area contributed by atoms with Crippen LogP contribution in [0.1, 0.15) is 28.3 Å². The molecule has 24 heavy (non-hydrogen) atoms. The van der Waals surface area contributed by atoms with Crippen molar-refractivity contribution in [2.75, 3.05) is 11.4 Å². The van der Waals surface area contributed by atoms with Gasteiger partial charge in [-0.3, -0.25) is 14.5 Å². The molecule has 1 amide bonds. The number of rotatable bonds is 4. The molecule has 1 aromatic carbocycles. The lowest BCUT2D eigenvalue weighted by Crippen LogP contribution is -2.42. The summed E-state index contributed by atoms with van der Waals surface area (Å²) < 4.78 is 5.99. The van der Waals surface area contributed by atoms with Gasteiger partial charge in [0.25, 0.3) is 5.91 Å². The number of hydrogen-bond acceptors (Lipinski definition) is 4. The minimum atomic E-state index is -1.96. The third-order valence-corrected chi connectivity index (χ3v) is 4.47. The molecule has 5 nitrogen and oxygen atoms in total. The van der Waals surface area contributed by atoms with E-state index in [0.29, 0.717) is 21.5 Å². The Morgan fingerprint density at radius 3 is 2.79 bits per heavy atom. The van der Waals surface area contributed by atoms with Crippen LogP contribution in [0.3, 0.4) is 0 Å². The van der Waals surface area contributed by atoms with Gasteiger partial charge in [-0.1, -0.05) is 21.9 Å². The highest BCUT2D eigenvalue weighted by Crippen LogP contribution is 2.44. The largest absolute Gasteiger partial charge is 0.458 e. The monoisotopic (exact) mass is 387 g/mol. The summed E-state index contributed by atoms with van der Waals surface area (Å²) in [6.07, 6.45) is 4.91. The lowest BCUT2D eigenvalue weighted by atomic mass is 9.89.